The van der Waals surface area contributed by atoms with Crippen LogP contribution in [0.15, 0.2) is 24.4 Å². The van der Waals surface area contributed by atoms with Crippen LogP contribution in [-0.4, -0.2) is 50.5 Å². The summed E-state index contributed by atoms with van der Waals surface area (Å²) in [5.74, 6) is 1.76. The lowest BCUT2D eigenvalue weighted by atomic mass is 9.87. The lowest BCUT2D eigenvalue weighted by Gasteiger charge is -2.24. The topological polar surface area (TPSA) is 56.7 Å². The summed E-state index contributed by atoms with van der Waals surface area (Å²) in [5, 5.41) is 3.00. The number of halogens is 3. The normalized spacial score (nSPS) is 20.5. The summed E-state index contributed by atoms with van der Waals surface area (Å²) in [7, 11) is 3.10. The van der Waals surface area contributed by atoms with Crippen molar-refractivity contribution in [1.29, 1.82) is 0 Å². The van der Waals surface area contributed by atoms with Crippen LogP contribution >= 0.6 is 34.8 Å². The number of methoxy groups -OCH3 is 2. The molecule has 2 saturated heterocycles. The maximum atomic E-state index is 6.69. The summed E-state index contributed by atoms with van der Waals surface area (Å²) in [6.45, 7) is 3.36. The van der Waals surface area contributed by atoms with Crippen molar-refractivity contribution in [2.24, 2.45) is 5.41 Å². The highest BCUT2D eigenvalue weighted by Crippen LogP contribution is 2.47. The standard InChI is InChI=1S/C23H22Cl3N3O3/c1-30-16-9-17(31-2)21(26)19(20(16)25)15-7-13-10-27-18(24)8-14(13)22(28-15)29-5-3-23(11-29)4-6-32-12-23/h7-10H,3-6,11-12H2,1-2H3. The van der Waals surface area contributed by atoms with Crippen molar-refractivity contribution in [2.45, 2.75) is 12.8 Å². The Kier molecular flexibility index (Phi) is 5.74. The van der Waals surface area contributed by atoms with E-state index in [1.165, 1.54) is 0 Å². The molecule has 2 aromatic heterocycles. The highest BCUT2D eigenvalue weighted by molar-refractivity contribution is 6.41. The molecule has 3 aromatic rings. The molecule has 1 atom stereocenters. The van der Waals surface area contributed by atoms with E-state index in [0.717, 1.165) is 55.7 Å². The Morgan fingerprint density at radius 1 is 1.03 bits per heavy atom. The fourth-order valence-electron chi connectivity index (χ4n) is 4.67. The van der Waals surface area contributed by atoms with E-state index in [1.807, 2.05) is 12.1 Å². The third kappa shape index (κ3) is 3.63. The molecule has 32 heavy (non-hydrogen) atoms. The number of aromatic nitrogens is 2. The van der Waals surface area contributed by atoms with Gasteiger partial charge in [0.25, 0.3) is 0 Å². The number of anilines is 1. The van der Waals surface area contributed by atoms with Crippen LogP contribution in [0.4, 0.5) is 5.82 Å². The molecule has 1 spiro atoms. The van der Waals surface area contributed by atoms with E-state index in [1.54, 1.807) is 26.5 Å². The summed E-state index contributed by atoms with van der Waals surface area (Å²) in [6.07, 6.45) is 3.87. The van der Waals surface area contributed by atoms with Crippen molar-refractivity contribution < 1.29 is 14.2 Å². The van der Waals surface area contributed by atoms with Crippen LogP contribution in [0.25, 0.3) is 22.0 Å². The van der Waals surface area contributed by atoms with Crippen molar-refractivity contribution in [3.8, 4) is 22.8 Å². The number of ether oxygens (including phenoxy) is 3. The zero-order valence-corrected chi connectivity index (χ0v) is 20.0. The summed E-state index contributed by atoms with van der Waals surface area (Å²) in [4.78, 5) is 11.6. The number of hydrogen-bond acceptors (Lipinski definition) is 6. The number of benzene rings is 1. The first-order valence-electron chi connectivity index (χ1n) is 10.3. The Balaban J connectivity index is 1.71. The Morgan fingerprint density at radius 3 is 2.44 bits per heavy atom. The van der Waals surface area contributed by atoms with Gasteiger partial charge >= 0.3 is 0 Å². The molecule has 4 heterocycles. The Morgan fingerprint density at radius 2 is 1.78 bits per heavy atom. The molecular weight excluding hydrogens is 473 g/mol. The molecule has 0 radical (unpaired) electrons. The van der Waals surface area contributed by atoms with Crippen LogP contribution in [0, 0.1) is 5.41 Å². The molecule has 0 amide bonds. The van der Waals surface area contributed by atoms with Crippen LogP contribution in [0.5, 0.6) is 11.5 Å². The fourth-order valence-corrected chi connectivity index (χ4v) is 5.52. The molecule has 168 valence electrons. The van der Waals surface area contributed by atoms with Crippen LogP contribution in [0.2, 0.25) is 15.2 Å². The van der Waals surface area contributed by atoms with Crippen LogP contribution in [-0.2, 0) is 4.74 Å². The number of fused-ring (bicyclic) bond motifs is 1. The van der Waals surface area contributed by atoms with Gasteiger partial charge in [0.05, 0.1) is 36.6 Å². The van der Waals surface area contributed by atoms with Crippen LogP contribution < -0.4 is 14.4 Å². The molecule has 0 saturated carbocycles. The largest absolute Gasteiger partial charge is 0.495 e. The van der Waals surface area contributed by atoms with Gasteiger partial charge in [0, 0.05) is 53.7 Å². The third-order valence-corrected chi connectivity index (χ3v) is 7.37. The van der Waals surface area contributed by atoms with Crippen LogP contribution in [0.1, 0.15) is 12.8 Å². The molecule has 2 aliphatic rings. The number of pyridine rings is 2. The number of hydrogen-bond donors (Lipinski definition) is 0. The molecule has 6 nitrogen and oxygen atoms in total. The highest BCUT2D eigenvalue weighted by Gasteiger charge is 2.42. The first-order chi connectivity index (χ1) is 15.4. The minimum absolute atomic E-state index is 0.176. The fraction of sp³-hybridized carbons (Fsp3) is 0.391. The van der Waals surface area contributed by atoms with E-state index in [9.17, 15) is 0 Å². The minimum Gasteiger partial charge on any atom is -0.495 e. The lowest BCUT2D eigenvalue weighted by Crippen LogP contribution is -2.28. The molecule has 2 fully saturated rings. The van der Waals surface area contributed by atoms with Gasteiger partial charge in [0.2, 0.25) is 0 Å². The van der Waals surface area contributed by atoms with Gasteiger partial charge in [-0.1, -0.05) is 34.8 Å². The predicted octanol–water partition coefficient (Wildman–Crippen LogP) is 5.89. The monoisotopic (exact) mass is 493 g/mol. The van der Waals surface area contributed by atoms with Crippen molar-refractivity contribution in [2.75, 3.05) is 45.4 Å². The average Bonchev–Trinajstić information content (AvgIpc) is 3.43. The van der Waals surface area contributed by atoms with Crippen molar-refractivity contribution in [1.82, 2.24) is 9.97 Å². The van der Waals surface area contributed by atoms with E-state index in [0.29, 0.717) is 38.0 Å². The highest BCUT2D eigenvalue weighted by atomic mass is 35.5. The first-order valence-corrected chi connectivity index (χ1v) is 11.5. The van der Waals surface area contributed by atoms with E-state index in [-0.39, 0.29) is 5.41 Å². The second-order valence-corrected chi connectivity index (χ2v) is 9.46. The Hall–Kier alpha value is -1.99. The molecule has 9 heteroatoms. The predicted molar refractivity (Wildman–Crippen MR) is 128 cm³/mol. The first kappa shape index (κ1) is 21.8. The SMILES string of the molecule is COc1cc(OC)c(Cl)c(-c2cc3cnc(Cl)cc3c(N3CCC4(CCOC4)C3)n2)c1Cl. The summed E-state index contributed by atoms with van der Waals surface area (Å²) < 4.78 is 16.6. The third-order valence-electron chi connectivity index (χ3n) is 6.41. The zero-order chi connectivity index (χ0) is 22.5. The number of nitrogens with zero attached hydrogens (tertiary/aromatic N) is 3. The van der Waals surface area contributed by atoms with Gasteiger partial charge in [-0.3, -0.25) is 0 Å². The maximum absolute atomic E-state index is 6.69. The molecule has 0 aliphatic carbocycles. The maximum Gasteiger partial charge on any atom is 0.141 e. The van der Waals surface area contributed by atoms with Crippen molar-refractivity contribution in [3.05, 3.63) is 39.6 Å². The molecular formula is C23H22Cl3N3O3. The van der Waals surface area contributed by atoms with Gasteiger partial charge < -0.3 is 19.1 Å². The Bertz CT molecular complexity index is 1170. The van der Waals surface area contributed by atoms with Gasteiger partial charge in [0.1, 0.15) is 22.5 Å². The van der Waals surface area contributed by atoms with E-state index < -0.39 is 0 Å². The average molecular weight is 495 g/mol. The summed E-state index contributed by atoms with van der Waals surface area (Å²) >= 11 is 19.6. The van der Waals surface area contributed by atoms with E-state index in [4.69, 9.17) is 54.0 Å². The van der Waals surface area contributed by atoms with Gasteiger partial charge in [0.15, 0.2) is 0 Å². The van der Waals surface area contributed by atoms with Crippen LogP contribution in [0.3, 0.4) is 0 Å². The quantitative estimate of drug-likeness (QED) is 0.422. The zero-order valence-electron chi connectivity index (χ0n) is 17.8. The minimum atomic E-state index is 0.176. The molecule has 1 unspecified atom stereocenters. The van der Waals surface area contributed by atoms with E-state index in [2.05, 4.69) is 9.88 Å². The molecule has 5 rings (SSSR count). The second kappa shape index (κ2) is 8.41. The van der Waals surface area contributed by atoms with E-state index >= 15 is 0 Å². The second-order valence-electron chi connectivity index (χ2n) is 8.32. The smallest absolute Gasteiger partial charge is 0.141 e. The van der Waals surface area contributed by atoms with Gasteiger partial charge in [-0.25, -0.2) is 9.97 Å². The molecule has 1 aromatic carbocycles. The lowest BCUT2D eigenvalue weighted by molar-refractivity contribution is 0.160. The molecule has 2 aliphatic heterocycles. The summed E-state index contributed by atoms with van der Waals surface area (Å²) in [5.41, 5.74) is 1.35. The van der Waals surface area contributed by atoms with Gasteiger partial charge in [-0.05, 0) is 25.0 Å². The summed E-state index contributed by atoms with van der Waals surface area (Å²) in [6, 6.07) is 5.44. The Labute approximate surface area is 201 Å². The molecule has 0 N–H and O–H groups in total. The van der Waals surface area contributed by atoms with Crippen molar-refractivity contribution in [3.63, 3.8) is 0 Å². The van der Waals surface area contributed by atoms with Gasteiger partial charge in [-0.2, -0.15) is 0 Å². The number of rotatable bonds is 4. The van der Waals surface area contributed by atoms with Gasteiger partial charge in [-0.15, -0.1) is 0 Å². The molecule has 0 bridgehead atoms. The van der Waals surface area contributed by atoms with Crippen molar-refractivity contribution >= 4 is 51.4 Å².